The SMILES string of the molecule is CCC(=O)[C@@](O)(CC)[C@](C)(O)Oc1ccccc1. The Kier molecular flexibility index (Phi) is 4.48. The smallest absolute Gasteiger partial charge is 0.241 e. The maximum atomic E-state index is 11.8. The maximum absolute atomic E-state index is 11.8. The Labute approximate surface area is 107 Å². The van der Waals surface area contributed by atoms with Gasteiger partial charge in [0, 0.05) is 13.3 Å². The van der Waals surface area contributed by atoms with Crippen molar-refractivity contribution in [2.24, 2.45) is 0 Å². The molecule has 1 rings (SSSR count). The average Bonchev–Trinajstić information content (AvgIpc) is 2.37. The zero-order chi connectivity index (χ0) is 13.8. The molecule has 0 fully saturated rings. The highest BCUT2D eigenvalue weighted by Gasteiger charge is 2.51. The summed E-state index contributed by atoms with van der Waals surface area (Å²) in [5.74, 6) is -2.00. The molecule has 0 aliphatic rings. The summed E-state index contributed by atoms with van der Waals surface area (Å²) < 4.78 is 5.37. The van der Waals surface area contributed by atoms with E-state index in [1.807, 2.05) is 6.07 Å². The van der Waals surface area contributed by atoms with E-state index in [9.17, 15) is 15.0 Å². The Morgan fingerprint density at radius 3 is 2.22 bits per heavy atom. The summed E-state index contributed by atoms with van der Waals surface area (Å²) in [6.07, 6.45) is 0.220. The van der Waals surface area contributed by atoms with Gasteiger partial charge in [-0.05, 0) is 18.6 Å². The third kappa shape index (κ3) is 2.71. The Morgan fingerprint density at radius 1 is 1.22 bits per heavy atom. The number of hydrogen-bond donors (Lipinski definition) is 2. The fourth-order valence-electron chi connectivity index (χ4n) is 1.88. The summed E-state index contributed by atoms with van der Waals surface area (Å²) >= 11 is 0. The number of benzene rings is 1. The predicted octanol–water partition coefficient (Wildman–Crippen LogP) is 1.89. The minimum absolute atomic E-state index is 0.0828. The standard InChI is InChI=1S/C14H20O4/c1-4-12(15)14(17,5-2)13(3,16)18-11-9-7-6-8-10-11/h6-10,16-17H,4-5H2,1-3H3/t13-,14+/m1/s1. The third-order valence-corrected chi connectivity index (χ3v) is 3.12. The molecule has 2 atom stereocenters. The maximum Gasteiger partial charge on any atom is 0.241 e. The number of carbonyl (C=O) groups is 1. The zero-order valence-corrected chi connectivity index (χ0v) is 11.0. The summed E-state index contributed by atoms with van der Waals surface area (Å²) in [6, 6.07) is 8.61. The molecule has 0 saturated carbocycles. The molecule has 0 bridgehead atoms. The molecular formula is C14H20O4. The number of rotatable bonds is 6. The Balaban J connectivity index is 3.00. The van der Waals surface area contributed by atoms with Crippen molar-refractivity contribution in [3.05, 3.63) is 30.3 Å². The molecule has 0 spiro atoms. The van der Waals surface area contributed by atoms with Crippen LogP contribution in [0, 0.1) is 0 Å². The van der Waals surface area contributed by atoms with E-state index in [0.717, 1.165) is 0 Å². The lowest BCUT2D eigenvalue weighted by Crippen LogP contribution is -2.60. The van der Waals surface area contributed by atoms with Gasteiger partial charge in [0.2, 0.25) is 5.79 Å². The van der Waals surface area contributed by atoms with Crippen LogP contribution in [0.5, 0.6) is 5.75 Å². The molecule has 18 heavy (non-hydrogen) atoms. The van der Waals surface area contributed by atoms with Gasteiger partial charge in [-0.3, -0.25) is 4.79 Å². The molecular weight excluding hydrogens is 232 g/mol. The van der Waals surface area contributed by atoms with Crippen LogP contribution in [-0.2, 0) is 4.79 Å². The van der Waals surface area contributed by atoms with E-state index in [0.29, 0.717) is 5.75 Å². The van der Waals surface area contributed by atoms with Gasteiger partial charge >= 0.3 is 0 Å². The topological polar surface area (TPSA) is 66.8 Å². The van der Waals surface area contributed by atoms with Crippen molar-refractivity contribution >= 4 is 5.78 Å². The number of aliphatic hydroxyl groups is 2. The summed E-state index contributed by atoms with van der Waals surface area (Å²) in [5, 5.41) is 20.6. The van der Waals surface area contributed by atoms with Gasteiger partial charge in [-0.25, -0.2) is 0 Å². The van der Waals surface area contributed by atoms with E-state index in [2.05, 4.69) is 0 Å². The van der Waals surface area contributed by atoms with E-state index in [4.69, 9.17) is 4.74 Å². The van der Waals surface area contributed by atoms with Crippen molar-refractivity contribution in [2.45, 2.75) is 45.0 Å². The van der Waals surface area contributed by atoms with E-state index >= 15 is 0 Å². The fourth-order valence-corrected chi connectivity index (χ4v) is 1.88. The lowest BCUT2D eigenvalue weighted by Gasteiger charge is -2.38. The van der Waals surface area contributed by atoms with Gasteiger partial charge < -0.3 is 14.9 Å². The van der Waals surface area contributed by atoms with E-state index in [1.54, 1.807) is 38.1 Å². The molecule has 0 amide bonds. The van der Waals surface area contributed by atoms with E-state index < -0.39 is 17.2 Å². The molecule has 1 aromatic carbocycles. The van der Waals surface area contributed by atoms with Crippen molar-refractivity contribution in [2.75, 3.05) is 0 Å². The lowest BCUT2D eigenvalue weighted by atomic mass is 9.85. The van der Waals surface area contributed by atoms with Crippen molar-refractivity contribution in [1.82, 2.24) is 0 Å². The van der Waals surface area contributed by atoms with Crippen LogP contribution in [0.2, 0.25) is 0 Å². The molecule has 1 aromatic rings. The summed E-state index contributed by atoms with van der Waals surface area (Å²) in [6.45, 7) is 4.58. The molecule has 100 valence electrons. The minimum atomic E-state index is -1.96. The number of para-hydroxylation sites is 1. The van der Waals surface area contributed by atoms with Crippen LogP contribution in [0.4, 0.5) is 0 Å². The van der Waals surface area contributed by atoms with Gasteiger partial charge in [0.1, 0.15) is 5.75 Å². The van der Waals surface area contributed by atoms with Crippen LogP contribution in [0.1, 0.15) is 33.6 Å². The van der Waals surface area contributed by atoms with Crippen molar-refractivity contribution < 1.29 is 19.7 Å². The van der Waals surface area contributed by atoms with Crippen LogP contribution in [0.25, 0.3) is 0 Å². The Hall–Kier alpha value is -1.39. The average molecular weight is 252 g/mol. The molecule has 0 unspecified atom stereocenters. The van der Waals surface area contributed by atoms with Gasteiger partial charge in [0.05, 0.1) is 0 Å². The largest absolute Gasteiger partial charge is 0.459 e. The number of hydrogen-bond acceptors (Lipinski definition) is 4. The van der Waals surface area contributed by atoms with Crippen molar-refractivity contribution in [3.8, 4) is 5.75 Å². The minimum Gasteiger partial charge on any atom is -0.459 e. The van der Waals surface area contributed by atoms with Crippen LogP contribution in [0.15, 0.2) is 30.3 Å². The highest BCUT2D eigenvalue weighted by atomic mass is 16.6. The predicted molar refractivity (Wildman–Crippen MR) is 68.2 cm³/mol. The molecule has 0 aliphatic heterocycles. The van der Waals surface area contributed by atoms with Gasteiger partial charge in [0.25, 0.3) is 0 Å². The highest BCUT2D eigenvalue weighted by Crippen LogP contribution is 2.30. The quantitative estimate of drug-likeness (QED) is 0.759. The van der Waals surface area contributed by atoms with Gasteiger partial charge in [0.15, 0.2) is 11.4 Å². The Bertz CT molecular complexity index is 400. The van der Waals surface area contributed by atoms with Crippen molar-refractivity contribution in [1.29, 1.82) is 0 Å². The Morgan fingerprint density at radius 2 is 1.78 bits per heavy atom. The number of ketones is 1. The van der Waals surface area contributed by atoms with Crippen LogP contribution < -0.4 is 4.74 Å². The van der Waals surface area contributed by atoms with E-state index in [1.165, 1.54) is 6.92 Å². The first-order valence-corrected chi connectivity index (χ1v) is 6.09. The van der Waals surface area contributed by atoms with Crippen LogP contribution in [-0.4, -0.2) is 27.4 Å². The molecule has 0 aromatic heterocycles. The molecule has 0 radical (unpaired) electrons. The monoisotopic (exact) mass is 252 g/mol. The van der Waals surface area contributed by atoms with Crippen LogP contribution >= 0.6 is 0 Å². The molecule has 4 nitrogen and oxygen atoms in total. The van der Waals surface area contributed by atoms with Crippen molar-refractivity contribution in [3.63, 3.8) is 0 Å². The molecule has 0 saturated heterocycles. The normalized spacial score (nSPS) is 17.6. The number of carbonyl (C=O) groups excluding carboxylic acids is 1. The summed E-state index contributed by atoms with van der Waals surface area (Å²) in [4.78, 5) is 11.8. The third-order valence-electron chi connectivity index (χ3n) is 3.12. The first-order chi connectivity index (χ1) is 8.37. The fraction of sp³-hybridized carbons (Fsp3) is 0.500. The zero-order valence-electron chi connectivity index (χ0n) is 11.0. The number of ether oxygens (including phenoxy) is 1. The summed E-state index contributed by atoms with van der Waals surface area (Å²) in [7, 11) is 0. The second-order valence-electron chi connectivity index (χ2n) is 4.39. The van der Waals surface area contributed by atoms with Crippen LogP contribution in [0.3, 0.4) is 0 Å². The van der Waals surface area contributed by atoms with Gasteiger partial charge in [-0.1, -0.05) is 32.0 Å². The molecule has 2 N–H and O–H groups in total. The van der Waals surface area contributed by atoms with Gasteiger partial charge in [-0.2, -0.15) is 0 Å². The first-order valence-electron chi connectivity index (χ1n) is 6.09. The summed E-state index contributed by atoms with van der Waals surface area (Å²) in [5.41, 5.74) is -1.91. The second-order valence-corrected chi connectivity index (χ2v) is 4.39. The molecule has 0 aliphatic carbocycles. The first kappa shape index (κ1) is 14.7. The molecule has 0 heterocycles. The molecule has 4 heteroatoms. The lowest BCUT2D eigenvalue weighted by molar-refractivity contribution is -0.240. The van der Waals surface area contributed by atoms with Gasteiger partial charge in [-0.15, -0.1) is 0 Å². The van der Waals surface area contributed by atoms with E-state index in [-0.39, 0.29) is 12.8 Å². The highest BCUT2D eigenvalue weighted by molar-refractivity contribution is 5.87. The number of Topliss-reactive ketones (excluding diaryl/α,β-unsaturated/α-hetero) is 1. The second kappa shape index (κ2) is 5.50.